The molecule has 1 aliphatic heterocycles. The zero-order valence-electron chi connectivity index (χ0n) is 35.7. The molecule has 298 valence electrons. The number of thiophene rings is 2. The largest absolute Gasteiger partial charge is 0.456 e. The monoisotopic (exact) mass is 834 g/mol. The van der Waals surface area contributed by atoms with Crippen LogP contribution in [0.4, 0.5) is 11.4 Å². The van der Waals surface area contributed by atoms with Gasteiger partial charge in [0.05, 0.1) is 5.52 Å². The standard InChI is InChI=1S/C56H43BN2OS2/c1-55(2,3)30-15-18-32(19-16-30)58-44-29-52-41(40-23-31(56(4,5)6)17-22-50(40)62-52)24-37(44)35-20-21-36-38-27-48-39(33-11-7-9-13-47(33)60-48)25-45(38)59-46-26-42-34-12-8-10-14-49(34)61-51(42)28-43(46)57-53(35)54(36)59/h7-29,57-58H,1-6H3. The minimum atomic E-state index is 0.0508. The van der Waals surface area contributed by atoms with Gasteiger partial charge in [0.2, 0.25) is 0 Å². The minimum absolute atomic E-state index is 0.0508. The lowest BCUT2D eigenvalue weighted by molar-refractivity contribution is 0.590. The van der Waals surface area contributed by atoms with Crippen LogP contribution in [-0.2, 0) is 10.8 Å². The third-order valence-corrected chi connectivity index (χ3v) is 15.8. The van der Waals surface area contributed by atoms with Crippen LogP contribution < -0.4 is 16.2 Å². The van der Waals surface area contributed by atoms with Crippen LogP contribution in [0.3, 0.4) is 0 Å². The molecule has 0 saturated heterocycles. The highest BCUT2D eigenvalue weighted by Gasteiger charge is 2.29. The molecule has 1 aliphatic rings. The van der Waals surface area contributed by atoms with Gasteiger partial charge < -0.3 is 14.3 Å². The summed E-state index contributed by atoms with van der Waals surface area (Å²) in [5, 5.41) is 14.0. The van der Waals surface area contributed by atoms with Gasteiger partial charge in [-0.2, -0.15) is 0 Å². The van der Waals surface area contributed by atoms with Crippen molar-refractivity contribution >= 4 is 136 Å². The molecule has 0 unspecified atom stereocenters. The first-order chi connectivity index (χ1) is 29.9. The first kappa shape index (κ1) is 36.3. The fraction of sp³-hybridized carbons (Fsp3) is 0.143. The number of hydrogen-bond acceptors (Lipinski definition) is 4. The molecule has 5 heterocycles. The second-order valence-electron chi connectivity index (χ2n) is 19.4. The third-order valence-electron chi connectivity index (χ3n) is 13.5. The second-order valence-corrected chi connectivity index (χ2v) is 21.6. The average molecular weight is 835 g/mol. The molecule has 0 bridgehead atoms. The van der Waals surface area contributed by atoms with Gasteiger partial charge in [-0.25, -0.2) is 0 Å². The van der Waals surface area contributed by atoms with Crippen LogP contribution in [0.15, 0.2) is 144 Å². The molecule has 13 rings (SSSR count). The van der Waals surface area contributed by atoms with Crippen molar-refractivity contribution in [1.82, 2.24) is 4.57 Å². The Labute approximate surface area is 368 Å². The second kappa shape index (κ2) is 12.6. The molecule has 0 spiro atoms. The summed E-state index contributed by atoms with van der Waals surface area (Å²) in [6, 6.07) is 52.7. The maximum absolute atomic E-state index is 6.54. The molecule has 0 aliphatic carbocycles. The van der Waals surface area contributed by atoms with Gasteiger partial charge in [0, 0.05) is 90.0 Å². The van der Waals surface area contributed by atoms with Gasteiger partial charge in [0.25, 0.3) is 0 Å². The summed E-state index contributed by atoms with van der Waals surface area (Å²) in [6.45, 7) is 13.8. The topological polar surface area (TPSA) is 30.1 Å². The van der Waals surface area contributed by atoms with Gasteiger partial charge in [0.1, 0.15) is 11.2 Å². The van der Waals surface area contributed by atoms with Gasteiger partial charge in [-0.1, -0.05) is 114 Å². The molecule has 0 saturated carbocycles. The number of para-hydroxylation sites is 1. The van der Waals surface area contributed by atoms with Crippen LogP contribution >= 0.6 is 22.7 Å². The molecule has 12 aromatic rings. The van der Waals surface area contributed by atoms with Crippen molar-refractivity contribution in [2.75, 3.05) is 5.32 Å². The van der Waals surface area contributed by atoms with Crippen LogP contribution in [0.5, 0.6) is 0 Å². The van der Waals surface area contributed by atoms with Crippen LogP contribution in [0.1, 0.15) is 52.7 Å². The number of furan rings is 1. The number of rotatable bonds is 3. The lowest BCUT2D eigenvalue weighted by Crippen LogP contribution is -2.37. The molecule has 0 amide bonds. The molecule has 1 N–H and O–H groups in total. The van der Waals surface area contributed by atoms with Crippen LogP contribution in [0.25, 0.3) is 101 Å². The molecular formula is C56H43BN2OS2. The zero-order chi connectivity index (χ0) is 41.8. The smallest absolute Gasteiger partial charge is 0.198 e. The van der Waals surface area contributed by atoms with Crippen molar-refractivity contribution in [3.8, 4) is 16.8 Å². The summed E-state index contributed by atoms with van der Waals surface area (Å²) in [4.78, 5) is 0. The Morgan fingerprint density at radius 2 is 1.19 bits per heavy atom. The predicted molar refractivity (Wildman–Crippen MR) is 273 cm³/mol. The van der Waals surface area contributed by atoms with E-state index >= 15 is 0 Å². The summed E-state index contributed by atoms with van der Waals surface area (Å²) in [7, 11) is 0.831. The highest BCUT2D eigenvalue weighted by atomic mass is 32.1. The van der Waals surface area contributed by atoms with Crippen molar-refractivity contribution < 1.29 is 4.42 Å². The molecule has 0 radical (unpaired) electrons. The van der Waals surface area contributed by atoms with Crippen molar-refractivity contribution in [3.05, 3.63) is 151 Å². The molecule has 0 atom stereocenters. The van der Waals surface area contributed by atoms with E-state index < -0.39 is 0 Å². The van der Waals surface area contributed by atoms with Crippen LogP contribution in [0.2, 0.25) is 0 Å². The van der Waals surface area contributed by atoms with Crippen molar-refractivity contribution in [2.24, 2.45) is 0 Å². The van der Waals surface area contributed by atoms with Crippen molar-refractivity contribution in [1.29, 1.82) is 0 Å². The Balaban J connectivity index is 1.12. The van der Waals surface area contributed by atoms with Crippen LogP contribution in [0, 0.1) is 0 Å². The summed E-state index contributed by atoms with van der Waals surface area (Å²) in [6.07, 6.45) is 0. The van der Waals surface area contributed by atoms with Gasteiger partial charge in [0.15, 0.2) is 7.28 Å². The summed E-state index contributed by atoms with van der Waals surface area (Å²) >= 11 is 3.79. The molecular weight excluding hydrogens is 792 g/mol. The number of anilines is 2. The summed E-state index contributed by atoms with van der Waals surface area (Å²) in [5.41, 5.74) is 15.8. The Bertz CT molecular complexity index is 3880. The first-order valence-corrected chi connectivity index (χ1v) is 23.3. The van der Waals surface area contributed by atoms with Crippen molar-refractivity contribution in [2.45, 2.75) is 52.4 Å². The van der Waals surface area contributed by atoms with Crippen LogP contribution in [-0.4, -0.2) is 11.8 Å². The quantitative estimate of drug-likeness (QED) is 0.180. The maximum atomic E-state index is 6.54. The molecule has 4 aromatic heterocycles. The van der Waals surface area contributed by atoms with E-state index in [-0.39, 0.29) is 10.8 Å². The Hall–Kier alpha value is -6.34. The highest BCUT2D eigenvalue weighted by molar-refractivity contribution is 7.26. The average Bonchev–Trinajstić information content (AvgIpc) is 4.00. The predicted octanol–water partition coefficient (Wildman–Crippen LogP) is 15.1. The number of benzene rings is 8. The Morgan fingerprint density at radius 3 is 2.00 bits per heavy atom. The van der Waals surface area contributed by atoms with E-state index in [0.29, 0.717) is 0 Å². The lowest BCUT2D eigenvalue weighted by atomic mass is 9.59. The normalized spacial score (nSPS) is 13.1. The lowest BCUT2D eigenvalue weighted by Gasteiger charge is -2.24. The maximum Gasteiger partial charge on any atom is 0.198 e. The highest BCUT2D eigenvalue weighted by Crippen LogP contribution is 2.46. The Morgan fingerprint density at radius 1 is 0.500 bits per heavy atom. The van der Waals surface area contributed by atoms with E-state index in [1.165, 1.54) is 101 Å². The van der Waals surface area contributed by atoms with Gasteiger partial charge in [-0.3, -0.25) is 0 Å². The number of hydrogen-bond donors (Lipinski definition) is 1. The van der Waals surface area contributed by atoms with E-state index in [4.69, 9.17) is 4.42 Å². The van der Waals surface area contributed by atoms with Gasteiger partial charge >= 0.3 is 0 Å². The number of fused-ring (bicyclic) bond motifs is 14. The van der Waals surface area contributed by atoms with E-state index in [0.717, 1.165) is 40.6 Å². The summed E-state index contributed by atoms with van der Waals surface area (Å²) < 4.78 is 14.4. The minimum Gasteiger partial charge on any atom is -0.456 e. The first-order valence-electron chi connectivity index (χ1n) is 21.7. The van der Waals surface area contributed by atoms with E-state index in [1.54, 1.807) is 0 Å². The Kier molecular flexibility index (Phi) is 7.40. The zero-order valence-corrected chi connectivity index (χ0v) is 37.3. The fourth-order valence-corrected chi connectivity index (χ4v) is 12.5. The molecule has 6 heteroatoms. The third kappa shape index (κ3) is 5.29. The molecule has 8 aromatic carbocycles. The SMILES string of the molecule is CC(C)(C)c1ccc(Nc2cc3sc4ccc(C(C)(C)C)cc4c3cc2-c2ccc3c4cc5oc6ccccc6c5cc4n4c3c2Bc2cc3sc5ccccc5c3cc2-4)cc1. The van der Waals surface area contributed by atoms with Crippen molar-refractivity contribution in [3.63, 3.8) is 0 Å². The summed E-state index contributed by atoms with van der Waals surface area (Å²) in [5.74, 6) is 0. The number of nitrogens with zero attached hydrogens (tertiary/aromatic N) is 1. The number of nitrogens with one attached hydrogen (secondary N) is 1. The van der Waals surface area contributed by atoms with E-state index in [9.17, 15) is 0 Å². The van der Waals surface area contributed by atoms with Gasteiger partial charge in [-0.05, 0) is 106 Å². The molecule has 62 heavy (non-hydrogen) atoms. The van der Waals surface area contributed by atoms with E-state index in [1.807, 2.05) is 22.7 Å². The molecule has 3 nitrogen and oxygen atoms in total. The fourth-order valence-electron chi connectivity index (χ4n) is 10.2. The van der Waals surface area contributed by atoms with Gasteiger partial charge in [-0.15, -0.1) is 22.7 Å². The van der Waals surface area contributed by atoms with E-state index in [2.05, 4.69) is 191 Å². The number of aromatic nitrogens is 1. The molecule has 0 fully saturated rings.